The summed E-state index contributed by atoms with van der Waals surface area (Å²) in [4.78, 5) is 0. The molecule has 0 fully saturated rings. The van der Waals surface area contributed by atoms with E-state index in [0.29, 0.717) is 5.54 Å². The van der Waals surface area contributed by atoms with Crippen molar-refractivity contribution in [2.75, 3.05) is 7.11 Å². The van der Waals surface area contributed by atoms with E-state index in [0.717, 1.165) is 0 Å². The molecular weight excluding hydrogens is 176 g/mol. The molecule has 1 unspecified atom stereocenters. The highest BCUT2D eigenvalue weighted by molar-refractivity contribution is 6.86. The molecule has 0 aliphatic carbocycles. The van der Waals surface area contributed by atoms with Crippen LogP contribution in [0.3, 0.4) is 0 Å². The summed E-state index contributed by atoms with van der Waals surface area (Å²) in [5.41, 5.74) is 0.611. The van der Waals surface area contributed by atoms with E-state index in [9.17, 15) is 0 Å². The lowest BCUT2D eigenvalue weighted by Gasteiger charge is -2.29. The Bertz CT molecular complexity index is 258. The minimum atomic E-state index is -1.68. The molecule has 0 aliphatic rings. The Balaban J connectivity index is 3.03. The Labute approximate surface area is 81.9 Å². The van der Waals surface area contributed by atoms with E-state index in [1.54, 1.807) is 0 Å². The van der Waals surface area contributed by atoms with E-state index >= 15 is 0 Å². The molecule has 0 saturated heterocycles. The van der Waals surface area contributed by atoms with Gasteiger partial charge < -0.3 is 4.43 Å². The van der Waals surface area contributed by atoms with Gasteiger partial charge in [-0.1, -0.05) is 44.2 Å². The van der Waals surface area contributed by atoms with Gasteiger partial charge in [0.1, 0.15) is 0 Å². The van der Waals surface area contributed by atoms with Gasteiger partial charge in [0, 0.05) is 7.11 Å². The normalized spacial score (nSPS) is 15.8. The lowest BCUT2D eigenvalue weighted by atomic mass is 10.4. The van der Waals surface area contributed by atoms with Gasteiger partial charge in [-0.3, -0.25) is 0 Å². The molecule has 1 aromatic carbocycles. The highest BCUT2D eigenvalue weighted by Gasteiger charge is 2.33. The van der Waals surface area contributed by atoms with E-state index < -0.39 is 8.32 Å². The molecule has 1 atom stereocenters. The number of hydrogen-bond donors (Lipinski definition) is 0. The van der Waals surface area contributed by atoms with Crippen molar-refractivity contribution < 1.29 is 4.43 Å². The fourth-order valence-corrected chi connectivity index (χ4v) is 3.68. The summed E-state index contributed by atoms with van der Waals surface area (Å²) in [6, 6.07) is 10.6. The molecule has 0 amide bonds. The van der Waals surface area contributed by atoms with E-state index in [1.165, 1.54) is 5.19 Å². The predicted octanol–water partition coefficient (Wildman–Crippen LogP) is 2.53. The van der Waals surface area contributed by atoms with Gasteiger partial charge >= 0.3 is 0 Å². The lowest BCUT2D eigenvalue weighted by Crippen LogP contribution is -2.49. The first kappa shape index (κ1) is 10.5. The maximum absolute atomic E-state index is 5.72. The van der Waals surface area contributed by atoms with Crippen LogP contribution in [0.1, 0.15) is 13.8 Å². The van der Waals surface area contributed by atoms with Crippen molar-refractivity contribution in [1.29, 1.82) is 0 Å². The molecule has 0 aliphatic heterocycles. The van der Waals surface area contributed by atoms with Crippen LogP contribution in [-0.4, -0.2) is 15.4 Å². The average molecular weight is 194 g/mol. The highest BCUT2D eigenvalue weighted by atomic mass is 28.4. The summed E-state index contributed by atoms with van der Waals surface area (Å²) in [6.07, 6.45) is 0. The molecule has 0 radical (unpaired) electrons. The monoisotopic (exact) mass is 194 g/mol. The summed E-state index contributed by atoms with van der Waals surface area (Å²) < 4.78 is 5.72. The van der Waals surface area contributed by atoms with Crippen LogP contribution in [0.4, 0.5) is 0 Å². The Kier molecular flexibility index (Phi) is 3.28. The Hall–Kier alpha value is -0.603. The summed E-state index contributed by atoms with van der Waals surface area (Å²) in [7, 11) is 0.156. The van der Waals surface area contributed by atoms with Crippen LogP contribution in [0.2, 0.25) is 12.1 Å². The predicted molar refractivity (Wildman–Crippen MR) is 59.8 cm³/mol. The molecule has 0 N–H and O–H groups in total. The third-order valence-electron chi connectivity index (χ3n) is 2.87. The van der Waals surface area contributed by atoms with Crippen molar-refractivity contribution in [2.45, 2.75) is 25.9 Å². The van der Waals surface area contributed by atoms with Gasteiger partial charge in [-0.05, 0) is 17.3 Å². The van der Waals surface area contributed by atoms with Gasteiger partial charge in [0.2, 0.25) is 8.32 Å². The molecule has 0 aromatic heterocycles. The maximum atomic E-state index is 5.72. The van der Waals surface area contributed by atoms with Crippen LogP contribution in [0, 0.1) is 0 Å². The molecule has 13 heavy (non-hydrogen) atoms. The molecule has 0 heterocycles. The second-order valence-electron chi connectivity index (χ2n) is 3.83. The SMILES string of the molecule is CO[Si](C)(c1ccccc1)C(C)C. The minimum absolute atomic E-state index is 0.611. The van der Waals surface area contributed by atoms with Crippen molar-refractivity contribution in [1.82, 2.24) is 0 Å². The molecule has 1 nitrogen and oxygen atoms in total. The zero-order valence-corrected chi connectivity index (χ0v) is 9.87. The smallest absolute Gasteiger partial charge is 0.223 e. The van der Waals surface area contributed by atoms with Crippen LogP contribution in [0.25, 0.3) is 0 Å². The van der Waals surface area contributed by atoms with Gasteiger partial charge in [-0.25, -0.2) is 0 Å². The Morgan fingerprint density at radius 3 is 2.08 bits per heavy atom. The van der Waals surface area contributed by atoms with Crippen LogP contribution in [-0.2, 0) is 4.43 Å². The largest absolute Gasteiger partial charge is 0.416 e. The van der Waals surface area contributed by atoms with E-state index in [-0.39, 0.29) is 0 Å². The van der Waals surface area contributed by atoms with E-state index in [1.807, 2.05) is 13.2 Å². The number of benzene rings is 1. The molecule has 2 heteroatoms. The number of hydrogen-bond acceptors (Lipinski definition) is 1. The zero-order chi connectivity index (χ0) is 9.90. The maximum Gasteiger partial charge on any atom is 0.223 e. The third kappa shape index (κ3) is 2.01. The fourth-order valence-electron chi connectivity index (χ4n) is 1.46. The summed E-state index contributed by atoms with van der Waals surface area (Å²) in [6.45, 7) is 6.75. The fraction of sp³-hybridized carbons (Fsp3) is 0.455. The topological polar surface area (TPSA) is 9.23 Å². The highest BCUT2D eigenvalue weighted by Crippen LogP contribution is 2.20. The average Bonchev–Trinajstić information content (AvgIpc) is 2.17. The molecule has 1 aromatic rings. The lowest BCUT2D eigenvalue weighted by molar-refractivity contribution is 0.401. The van der Waals surface area contributed by atoms with Gasteiger partial charge in [-0.15, -0.1) is 0 Å². The van der Waals surface area contributed by atoms with Gasteiger partial charge in [0.05, 0.1) is 0 Å². The molecule has 0 spiro atoms. The minimum Gasteiger partial charge on any atom is -0.416 e. The van der Waals surface area contributed by atoms with Crippen LogP contribution < -0.4 is 5.19 Å². The zero-order valence-electron chi connectivity index (χ0n) is 8.87. The number of rotatable bonds is 3. The van der Waals surface area contributed by atoms with Crippen LogP contribution in [0.15, 0.2) is 30.3 Å². The van der Waals surface area contributed by atoms with E-state index in [2.05, 4.69) is 44.7 Å². The van der Waals surface area contributed by atoms with Crippen molar-refractivity contribution in [2.24, 2.45) is 0 Å². The second kappa shape index (κ2) is 4.07. The molecule has 0 saturated carbocycles. The first-order valence-electron chi connectivity index (χ1n) is 4.72. The summed E-state index contributed by atoms with van der Waals surface area (Å²) >= 11 is 0. The van der Waals surface area contributed by atoms with Gasteiger partial charge in [0.25, 0.3) is 0 Å². The second-order valence-corrected chi connectivity index (χ2v) is 8.19. The van der Waals surface area contributed by atoms with Crippen molar-refractivity contribution >= 4 is 13.5 Å². The van der Waals surface area contributed by atoms with Crippen molar-refractivity contribution in [3.05, 3.63) is 30.3 Å². The van der Waals surface area contributed by atoms with Gasteiger partial charge in [0.15, 0.2) is 0 Å². The van der Waals surface area contributed by atoms with Crippen molar-refractivity contribution in [3.8, 4) is 0 Å². The Morgan fingerprint density at radius 1 is 1.15 bits per heavy atom. The molecular formula is C11H18OSi. The first-order valence-corrected chi connectivity index (χ1v) is 7.20. The molecule has 72 valence electrons. The molecule has 0 bridgehead atoms. The van der Waals surface area contributed by atoms with Gasteiger partial charge in [-0.2, -0.15) is 0 Å². The quantitative estimate of drug-likeness (QED) is 0.672. The van der Waals surface area contributed by atoms with Crippen LogP contribution >= 0.6 is 0 Å². The summed E-state index contributed by atoms with van der Waals surface area (Å²) in [5.74, 6) is 0. The molecule has 1 rings (SSSR count). The van der Waals surface area contributed by atoms with Crippen molar-refractivity contribution in [3.63, 3.8) is 0 Å². The Morgan fingerprint density at radius 2 is 1.69 bits per heavy atom. The van der Waals surface area contributed by atoms with E-state index in [4.69, 9.17) is 4.43 Å². The summed E-state index contributed by atoms with van der Waals surface area (Å²) in [5, 5.41) is 1.38. The third-order valence-corrected chi connectivity index (χ3v) is 7.40. The first-order chi connectivity index (χ1) is 6.11. The standard InChI is InChI=1S/C11H18OSi/c1-10(2)13(4,12-3)11-8-6-5-7-9-11/h5-10H,1-4H3. The van der Waals surface area contributed by atoms with Crippen LogP contribution in [0.5, 0.6) is 0 Å².